The zero-order chi connectivity index (χ0) is 18.1. The van der Waals surface area contributed by atoms with Gasteiger partial charge in [0.1, 0.15) is 11.4 Å². The first-order valence-corrected chi connectivity index (χ1v) is 7.88. The molecule has 1 aliphatic heterocycles. The van der Waals surface area contributed by atoms with Gasteiger partial charge in [-0.2, -0.15) is 0 Å². The number of amides is 1. The fraction of sp³-hybridized carbons (Fsp3) is 0.353. The van der Waals surface area contributed by atoms with Crippen LogP contribution in [0.15, 0.2) is 27.8 Å². The summed E-state index contributed by atoms with van der Waals surface area (Å²) >= 11 is 0. The first-order valence-electron chi connectivity index (χ1n) is 7.88. The van der Waals surface area contributed by atoms with E-state index in [1.807, 2.05) is 0 Å². The van der Waals surface area contributed by atoms with Crippen molar-refractivity contribution in [3.8, 4) is 5.75 Å². The van der Waals surface area contributed by atoms with Crippen LogP contribution in [0.5, 0.6) is 5.75 Å². The Balaban J connectivity index is 1.87. The molecule has 1 heterocycles. The van der Waals surface area contributed by atoms with E-state index >= 15 is 0 Å². The van der Waals surface area contributed by atoms with Gasteiger partial charge in [0, 0.05) is 20.7 Å². The summed E-state index contributed by atoms with van der Waals surface area (Å²) in [6.07, 6.45) is 0.746. The SMILES string of the molecule is CN(C)C(=O)c1cccc(Nc2c(N[C@H]3CCOC3)c(=O)c2=O)c1O. The number of nitrogens with zero attached hydrogens (tertiary/aromatic N) is 1. The minimum Gasteiger partial charge on any atom is -0.505 e. The van der Waals surface area contributed by atoms with Crippen molar-refractivity contribution in [2.75, 3.05) is 37.9 Å². The highest BCUT2D eigenvalue weighted by molar-refractivity contribution is 5.99. The monoisotopic (exact) mass is 345 g/mol. The van der Waals surface area contributed by atoms with E-state index in [4.69, 9.17) is 4.74 Å². The molecule has 0 aromatic heterocycles. The summed E-state index contributed by atoms with van der Waals surface area (Å²) in [6, 6.07) is 4.57. The number of carbonyl (C=O) groups is 1. The first-order chi connectivity index (χ1) is 11.9. The lowest BCUT2D eigenvalue weighted by Gasteiger charge is -2.19. The maximum Gasteiger partial charge on any atom is 0.257 e. The van der Waals surface area contributed by atoms with Gasteiger partial charge in [-0.3, -0.25) is 14.4 Å². The van der Waals surface area contributed by atoms with Gasteiger partial charge >= 0.3 is 0 Å². The standard InChI is InChI=1S/C17H19N3O5/c1-20(2)17(24)10-4-3-5-11(14(10)21)19-13-12(15(22)16(13)23)18-9-6-7-25-8-9/h3-5,9,18-19,21H,6-8H2,1-2H3/t9-/m0/s1. The van der Waals surface area contributed by atoms with Crippen molar-refractivity contribution in [3.63, 3.8) is 0 Å². The van der Waals surface area contributed by atoms with Gasteiger partial charge < -0.3 is 25.4 Å². The highest BCUT2D eigenvalue weighted by atomic mass is 16.5. The maximum atomic E-state index is 12.1. The lowest BCUT2D eigenvalue weighted by molar-refractivity contribution is 0.0824. The van der Waals surface area contributed by atoms with Crippen LogP contribution in [0, 0.1) is 0 Å². The van der Waals surface area contributed by atoms with Gasteiger partial charge in [-0.25, -0.2) is 0 Å². The number of rotatable bonds is 5. The first kappa shape index (κ1) is 17.0. The number of aromatic hydroxyl groups is 1. The van der Waals surface area contributed by atoms with Crippen LogP contribution in [0.1, 0.15) is 16.8 Å². The highest BCUT2D eigenvalue weighted by Gasteiger charge is 2.26. The van der Waals surface area contributed by atoms with E-state index < -0.39 is 10.9 Å². The predicted molar refractivity (Wildman–Crippen MR) is 93.6 cm³/mol. The van der Waals surface area contributed by atoms with E-state index in [1.54, 1.807) is 20.2 Å². The number of ether oxygens (including phenoxy) is 1. The number of benzene rings is 1. The molecular formula is C17H19N3O5. The Morgan fingerprint density at radius 2 is 1.96 bits per heavy atom. The van der Waals surface area contributed by atoms with E-state index in [2.05, 4.69) is 10.6 Å². The van der Waals surface area contributed by atoms with Gasteiger partial charge in [0.15, 0.2) is 5.75 Å². The van der Waals surface area contributed by atoms with E-state index in [0.29, 0.717) is 13.2 Å². The third kappa shape index (κ3) is 3.08. The normalized spacial score (nSPS) is 16.8. The third-order valence-electron chi connectivity index (χ3n) is 4.12. The molecule has 3 N–H and O–H groups in total. The van der Waals surface area contributed by atoms with Gasteiger partial charge in [0.2, 0.25) is 0 Å². The van der Waals surface area contributed by atoms with Crippen molar-refractivity contribution in [3.05, 3.63) is 44.2 Å². The molecular weight excluding hydrogens is 326 g/mol. The molecule has 1 amide bonds. The topological polar surface area (TPSA) is 108 Å². The average molecular weight is 345 g/mol. The minimum absolute atomic E-state index is 0.0286. The molecule has 132 valence electrons. The Bertz CT molecular complexity index is 877. The summed E-state index contributed by atoms with van der Waals surface area (Å²) in [5.41, 5.74) is -0.705. The molecule has 1 fully saturated rings. The van der Waals surface area contributed by atoms with Crippen LogP contribution < -0.4 is 21.5 Å². The maximum absolute atomic E-state index is 12.1. The molecule has 1 aliphatic rings. The summed E-state index contributed by atoms with van der Waals surface area (Å²) in [5, 5.41) is 16.1. The zero-order valence-corrected chi connectivity index (χ0v) is 14.0. The number of hydrogen-bond donors (Lipinski definition) is 3. The molecule has 0 aliphatic carbocycles. The van der Waals surface area contributed by atoms with Crippen LogP contribution in [0.2, 0.25) is 0 Å². The molecule has 3 rings (SSSR count). The molecule has 8 nitrogen and oxygen atoms in total. The molecule has 1 atom stereocenters. The number of anilines is 3. The predicted octanol–water partition coefficient (Wildman–Crippen LogP) is 0.634. The van der Waals surface area contributed by atoms with Crippen molar-refractivity contribution in [2.45, 2.75) is 12.5 Å². The Hall–Kier alpha value is -2.87. The van der Waals surface area contributed by atoms with Crippen LogP contribution in [0.25, 0.3) is 0 Å². The summed E-state index contributed by atoms with van der Waals surface area (Å²) < 4.78 is 5.24. The Morgan fingerprint density at radius 3 is 2.60 bits per heavy atom. The average Bonchev–Trinajstić information content (AvgIpc) is 3.11. The summed E-state index contributed by atoms with van der Waals surface area (Å²) in [4.78, 5) is 37.1. The Kier molecular flexibility index (Phi) is 4.45. The van der Waals surface area contributed by atoms with Crippen molar-refractivity contribution >= 4 is 23.0 Å². The van der Waals surface area contributed by atoms with Gasteiger partial charge in [-0.15, -0.1) is 0 Å². The fourth-order valence-corrected chi connectivity index (χ4v) is 2.69. The van der Waals surface area contributed by atoms with Crippen LogP contribution in [0.4, 0.5) is 17.1 Å². The molecule has 0 spiro atoms. The minimum atomic E-state index is -0.662. The fourth-order valence-electron chi connectivity index (χ4n) is 2.69. The summed E-state index contributed by atoms with van der Waals surface area (Å²) in [7, 11) is 3.15. The van der Waals surface area contributed by atoms with Crippen molar-refractivity contribution in [1.29, 1.82) is 0 Å². The molecule has 1 saturated heterocycles. The molecule has 0 bridgehead atoms. The van der Waals surface area contributed by atoms with Gasteiger partial charge in [0.25, 0.3) is 16.8 Å². The quantitative estimate of drug-likeness (QED) is 0.539. The second kappa shape index (κ2) is 6.56. The van der Waals surface area contributed by atoms with Crippen molar-refractivity contribution in [1.82, 2.24) is 4.90 Å². The number of phenolic OH excluding ortho intramolecular Hbond substituents is 1. The lowest BCUT2D eigenvalue weighted by Crippen LogP contribution is -2.39. The number of para-hydroxylation sites is 1. The largest absolute Gasteiger partial charge is 0.505 e. The van der Waals surface area contributed by atoms with E-state index in [0.717, 1.165) is 6.42 Å². The lowest BCUT2D eigenvalue weighted by atomic mass is 10.1. The van der Waals surface area contributed by atoms with Gasteiger partial charge in [-0.05, 0) is 18.6 Å². The van der Waals surface area contributed by atoms with Crippen LogP contribution in [0.3, 0.4) is 0 Å². The molecule has 2 aromatic carbocycles. The molecule has 0 saturated carbocycles. The number of hydrogen-bond acceptors (Lipinski definition) is 7. The number of nitrogens with one attached hydrogen (secondary N) is 2. The van der Waals surface area contributed by atoms with Crippen LogP contribution in [-0.2, 0) is 4.74 Å². The van der Waals surface area contributed by atoms with Gasteiger partial charge in [-0.1, -0.05) is 6.07 Å². The third-order valence-corrected chi connectivity index (χ3v) is 4.12. The van der Waals surface area contributed by atoms with E-state index in [9.17, 15) is 19.5 Å². The van der Waals surface area contributed by atoms with Gasteiger partial charge in [0.05, 0.1) is 23.9 Å². The smallest absolute Gasteiger partial charge is 0.257 e. The second-order valence-corrected chi connectivity index (χ2v) is 6.14. The van der Waals surface area contributed by atoms with E-state index in [-0.39, 0.29) is 40.3 Å². The molecule has 0 unspecified atom stereocenters. The van der Waals surface area contributed by atoms with Crippen molar-refractivity contribution in [2.24, 2.45) is 0 Å². The molecule has 0 radical (unpaired) electrons. The van der Waals surface area contributed by atoms with E-state index in [1.165, 1.54) is 17.0 Å². The number of phenols is 1. The van der Waals surface area contributed by atoms with Crippen molar-refractivity contribution < 1.29 is 14.6 Å². The molecule has 8 heteroatoms. The second-order valence-electron chi connectivity index (χ2n) is 6.14. The summed E-state index contributed by atoms with van der Waals surface area (Å²) in [6.45, 7) is 1.07. The molecule has 25 heavy (non-hydrogen) atoms. The Labute approximate surface area is 143 Å². The molecule has 2 aromatic rings. The Morgan fingerprint density at radius 1 is 1.24 bits per heavy atom. The number of carbonyl (C=O) groups excluding carboxylic acids is 1. The van der Waals surface area contributed by atoms with Crippen LogP contribution in [-0.4, -0.2) is 49.3 Å². The van der Waals surface area contributed by atoms with Crippen LogP contribution >= 0.6 is 0 Å². The zero-order valence-electron chi connectivity index (χ0n) is 14.0. The summed E-state index contributed by atoms with van der Waals surface area (Å²) in [5.74, 6) is -0.642. The highest BCUT2D eigenvalue weighted by Crippen LogP contribution is 2.32.